The molecule has 0 bridgehead atoms. The van der Waals surface area contributed by atoms with Crippen LogP contribution in [-0.2, 0) is 5.41 Å². The molecule has 1 saturated carbocycles. The lowest BCUT2D eigenvalue weighted by atomic mass is 9.76. The van der Waals surface area contributed by atoms with Gasteiger partial charge >= 0.3 is 0 Å². The van der Waals surface area contributed by atoms with Crippen LogP contribution in [0.4, 0.5) is 0 Å². The van der Waals surface area contributed by atoms with Gasteiger partial charge in [-0.2, -0.15) is 0 Å². The van der Waals surface area contributed by atoms with E-state index < -0.39 is 34.3 Å². The second-order valence-corrected chi connectivity index (χ2v) is 26.6. The highest BCUT2D eigenvalue weighted by Crippen LogP contribution is 2.53. The number of fused-ring (bicyclic) bond motifs is 4. The molecule has 0 saturated heterocycles. The van der Waals surface area contributed by atoms with Gasteiger partial charge in [-0.25, -0.2) is 0 Å². The van der Waals surface area contributed by atoms with Gasteiger partial charge in [-0.15, -0.1) is 0 Å². The first kappa shape index (κ1) is 31.7. The van der Waals surface area contributed by atoms with E-state index in [1.165, 1.54) is 40.9 Å². The fourth-order valence-corrected chi connectivity index (χ4v) is 22.4. The maximum absolute atomic E-state index is 10.1. The molecule has 0 nitrogen and oxygen atoms in total. The summed E-state index contributed by atoms with van der Waals surface area (Å²) < 4.78 is 37.2. The molecule has 1 unspecified atom stereocenters. The quantitative estimate of drug-likeness (QED) is 0.121. The van der Waals surface area contributed by atoms with E-state index in [1.807, 2.05) is 43.0 Å². The average Bonchev–Trinajstić information content (AvgIpc) is 3.71. The van der Waals surface area contributed by atoms with E-state index in [-0.39, 0.29) is 0 Å². The summed E-state index contributed by atoms with van der Waals surface area (Å²) in [6, 6.07) is 60.1. The highest BCUT2D eigenvalue weighted by Gasteiger charge is 2.47. The Balaban J connectivity index is 1.31. The van der Waals surface area contributed by atoms with Gasteiger partial charge in [0.05, 0.1) is 0 Å². The molecule has 3 aliphatic rings. The van der Waals surface area contributed by atoms with Gasteiger partial charge in [0.25, 0.3) is 0 Å². The lowest BCUT2D eigenvalue weighted by Gasteiger charge is -2.40. The first-order valence-corrected chi connectivity index (χ1v) is 26.6. The van der Waals surface area contributed by atoms with Crippen molar-refractivity contribution in [2.75, 3.05) is 0 Å². The summed E-state index contributed by atoms with van der Waals surface area (Å²) in [5.74, 6) is -0.744. The zero-order valence-electron chi connectivity index (χ0n) is 36.2. The molecule has 7 aromatic carbocycles. The third kappa shape index (κ3) is 5.55. The van der Waals surface area contributed by atoms with Crippen molar-refractivity contribution in [3.63, 3.8) is 0 Å². The largest absolute Gasteiger partial charge is 0.180 e. The molecule has 10 rings (SSSR count). The predicted octanol–water partition coefficient (Wildman–Crippen LogP) is 10.5. The van der Waals surface area contributed by atoms with Crippen molar-refractivity contribution in [2.24, 2.45) is 0 Å². The first-order valence-electron chi connectivity index (χ1n) is 22.0. The Morgan fingerprint density at radius 1 is 0.589 bits per heavy atom. The molecule has 1 fully saturated rings. The summed E-state index contributed by atoms with van der Waals surface area (Å²) in [5.41, 5.74) is 3.60. The number of hydrogen-bond donors (Lipinski definition) is 0. The van der Waals surface area contributed by atoms with Crippen LogP contribution in [-0.4, -0.2) is 16.1 Å². The van der Waals surface area contributed by atoms with Crippen LogP contribution in [0.3, 0.4) is 0 Å². The molecule has 1 aliphatic carbocycles. The molecule has 2 aliphatic heterocycles. The fourth-order valence-electron chi connectivity index (χ4n) is 9.96. The maximum atomic E-state index is 10.1. The van der Waals surface area contributed by atoms with Gasteiger partial charge in [0.1, 0.15) is 8.07 Å². The highest BCUT2D eigenvalue weighted by atomic mass is 32.2. The lowest BCUT2D eigenvalue weighted by Crippen LogP contribution is -2.76. The first-order chi connectivity index (χ1) is 28.9. The minimum absolute atomic E-state index is 0.744. The van der Waals surface area contributed by atoms with Gasteiger partial charge in [-0.3, -0.25) is 0 Å². The lowest BCUT2D eigenvalue weighted by molar-refractivity contribution is 0.608. The standard InChI is InChI=1S/C52H48S2Si2/c1-52(2)43-26-13-14-28-45(43)53-50-41(25-17-27-44(50)52)42-35-39(33-34-40(42)36-19-11-12-20-36)56(37-21-7-5-8-22-37,38-23-9-6-10-24-38)49-32-18-31-48-51(49)54-46-29-15-16-30-47(46)55(48,3)4/h5-10,13-18,21-36H,11-12,19-20H2,1-4H3/i1D3,36D. The topological polar surface area (TPSA) is 0 Å². The molecule has 2 heterocycles. The van der Waals surface area contributed by atoms with Crippen LogP contribution in [0.5, 0.6) is 0 Å². The third-order valence-corrected chi connectivity index (χ3v) is 24.1. The molecule has 7 aromatic rings. The van der Waals surface area contributed by atoms with Crippen LogP contribution in [0.2, 0.25) is 13.1 Å². The Bertz CT molecular complexity index is 2740. The molecule has 0 amide bonds. The number of benzene rings is 7. The Kier molecular flexibility index (Phi) is 7.90. The summed E-state index contributed by atoms with van der Waals surface area (Å²) >= 11 is 3.63. The Morgan fingerprint density at radius 3 is 1.93 bits per heavy atom. The molecule has 0 aromatic heterocycles. The third-order valence-electron chi connectivity index (χ3n) is 12.8. The molecule has 0 N–H and O–H groups in total. The van der Waals surface area contributed by atoms with Crippen molar-refractivity contribution in [1.29, 1.82) is 0 Å². The van der Waals surface area contributed by atoms with Crippen molar-refractivity contribution in [3.05, 3.63) is 180 Å². The minimum atomic E-state index is -3.12. The van der Waals surface area contributed by atoms with Crippen LogP contribution >= 0.6 is 23.5 Å². The van der Waals surface area contributed by atoms with E-state index >= 15 is 0 Å². The van der Waals surface area contributed by atoms with Gasteiger partial charge < -0.3 is 0 Å². The van der Waals surface area contributed by atoms with Crippen LogP contribution < -0.4 is 31.1 Å². The van der Waals surface area contributed by atoms with Crippen LogP contribution in [0.25, 0.3) is 11.1 Å². The van der Waals surface area contributed by atoms with E-state index in [4.69, 9.17) is 4.11 Å². The smallest absolute Gasteiger partial charge is 0.0904 e. The van der Waals surface area contributed by atoms with Crippen LogP contribution in [0, 0.1) is 0 Å². The van der Waals surface area contributed by atoms with Crippen molar-refractivity contribution >= 4 is 70.8 Å². The zero-order chi connectivity index (χ0) is 41.5. The van der Waals surface area contributed by atoms with Gasteiger partial charge in [-0.1, -0.05) is 215 Å². The number of hydrogen-bond acceptors (Lipinski definition) is 2. The summed E-state index contributed by atoms with van der Waals surface area (Å²) in [4.78, 5) is 4.71. The summed E-state index contributed by atoms with van der Waals surface area (Å²) in [7, 11) is -5.21. The van der Waals surface area contributed by atoms with Crippen molar-refractivity contribution in [3.8, 4) is 11.1 Å². The Hall–Kier alpha value is -4.33. The normalized spacial score (nSPS) is 20.3. The van der Waals surface area contributed by atoms with Gasteiger partial charge in [0, 0.05) is 30.5 Å². The van der Waals surface area contributed by atoms with Crippen molar-refractivity contribution < 1.29 is 5.48 Å². The van der Waals surface area contributed by atoms with Gasteiger partial charge in [0.2, 0.25) is 0 Å². The molecule has 1 atom stereocenters. The second-order valence-electron chi connectivity index (χ2n) is 16.4. The second kappa shape index (κ2) is 14.0. The van der Waals surface area contributed by atoms with Crippen molar-refractivity contribution in [1.82, 2.24) is 0 Å². The predicted molar refractivity (Wildman–Crippen MR) is 247 cm³/mol. The molecule has 4 heteroatoms. The van der Waals surface area contributed by atoms with E-state index in [2.05, 4.69) is 153 Å². The summed E-state index contributed by atoms with van der Waals surface area (Å²) in [6.07, 6.45) is 3.66. The van der Waals surface area contributed by atoms with Gasteiger partial charge in [-0.05, 0) is 89.8 Å². The SMILES string of the molecule is [2H]C1(c2ccc([Si](c3ccccc3)(c3ccccc3)c3cccc4c3Sc3ccccc3[Si]4(C)C)cc2-c2cccc3c2Sc2ccccc2C3(C)C([2H])([2H])[2H])CCCC1. The monoisotopic (exact) mass is 796 g/mol. The van der Waals surface area contributed by atoms with E-state index in [9.17, 15) is 1.37 Å². The van der Waals surface area contributed by atoms with E-state index in [0.717, 1.165) is 63.3 Å². The minimum Gasteiger partial charge on any atom is -0.0904 e. The van der Waals surface area contributed by atoms with Crippen molar-refractivity contribution in [2.45, 2.75) is 83.4 Å². The molecule has 0 spiro atoms. The summed E-state index contributed by atoms with van der Waals surface area (Å²) in [6.45, 7) is 4.63. The Morgan fingerprint density at radius 2 is 1.20 bits per heavy atom. The molecule has 0 radical (unpaired) electrons. The summed E-state index contributed by atoms with van der Waals surface area (Å²) in [5, 5.41) is 8.27. The Labute approximate surface area is 349 Å². The molecule has 276 valence electrons. The fraction of sp³-hybridized carbons (Fsp3) is 0.192. The maximum Gasteiger partial charge on any atom is 0.180 e. The average molecular weight is 797 g/mol. The highest BCUT2D eigenvalue weighted by molar-refractivity contribution is 8.00. The zero-order valence-corrected chi connectivity index (χ0v) is 35.9. The van der Waals surface area contributed by atoms with Crippen LogP contribution in [0.15, 0.2) is 183 Å². The molecular formula is C52H48S2Si2. The van der Waals surface area contributed by atoms with E-state index in [1.54, 1.807) is 11.8 Å². The molecular weight excluding hydrogens is 745 g/mol. The molecule has 56 heavy (non-hydrogen) atoms. The van der Waals surface area contributed by atoms with E-state index in [0.29, 0.717) is 0 Å². The van der Waals surface area contributed by atoms with Gasteiger partial charge in [0.15, 0.2) is 8.07 Å². The van der Waals surface area contributed by atoms with Crippen LogP contribution in [0.1, 0.15) is 67.5 Å². The number of rotatable bonds is 6.